The average molecular weight is 326 g/mol. The van der Waals surface area contributed by atoms with Crippen LogP contribution in [0.3, 0.4) is 0 Å². The Kier molecular flexibility index (Phi) is 5.71. The van der Waals surface area contributed by atoms with Gasteiger partial charge in [0.2, 0.25) is 0 Å². The molecular weight excluding hydrogens is 302 g/mol. The highest BCUT2D eigenvalue weighted by Crippen LogP contribution is 2.31. The molecule has 0 amide bonds. The van der Waals surface area contributed by atoms with Crippen LogP contribution in [0.1, 0.15) is 37.7 Å². The van der Waals surface area contributed by atoms with Crippen molar-refractivity contribution in [3.05, 3.63) is 28.2 Å². The second-order valence-corrected chi connectivity index (χ2v) is 6.37. The van der Waals surface area contributed by atoms with Gasteiger partial charge in [0, 0.05) is 10.5 Å². The zero-order chi connectivity index (χ0) is 13.7. The first kappa shape index (κ1) is 14.9. The molecule has 2 nitrogen and oxygen atoms in total. The lowest BCUT2D eigenvalue weighted by Crippen LogP contribution is -2.33. The maximum Gasteiger partial charge on any atom is 0.122 e. The highest BCUT2D eigenvalue weighted by molar-refractivity contribution is 9.10. The van der Waals surface area contributed by atoms with Crippen LogP contribution < -0.4 is 10.1 Å². The summed E-state index contributed by atoms with van der Waals surface area (Å²) in [7, 11) is 3.86. The first-order valence-electron chi connectivity index (χ1n) is 7.24. The van der Waals surface area contributed by atoms with Gasteiger partial charge in [0.1, 0.15) is 5.75 Å². The van der Waals surface area contributed by atoms with Crippen molar-refractivity contribution in [1.29, 1.82) is 0 Å². The fraction of sp³-hybridized carbons (Fsp3) is 0.625. The summed E-state index contributed by atoms with van der Waals surface area (Å²) in [6.45, 7) is 0. The van der Waals surface area contributed by atoms with Crippen LogP contribution in [0.15, 0.2) is 22.7 Å². The zero-order valence-electron chi connectivity index (χ0n) is 11.9. The maximum absolute atomic E-state index is 5.50. The Labute approximate surface area is 125 Å². The fourth-order valence-corrected chi connectivity index (χ4v) is 3.61. The molecule has 1 aromatic carbocycles. The molecule has 1 aliphatic rings. The Hall–Kier alpha value is -0.540. The van der Waals surface area contributed by atoms with E-state index in [0.717, 1.165) is 22.6 Å². The molecule has 2 unspecified atom stereocenters. The summed E-state index contributed by atoms with van der Waals surface area (Å²) in [5, 5.41) is 3.51. The number of benzene rings is 1. The second kappa shape index (κ2) is 7.30. The van der Waals surface area contributed by atoms with Crippen LogP contribution in [-0.4, -0.2) is 20.2 Å². The van der Waals surface area contributed by atoms with Gasteiger partial charge in [-0.05, 0) is 56.0 Å². The summed E-state index contributed by atoms with van der Waals surface area (Å²) in [5.74, 6) is 1.73. The van der Waals surface area contributed by atoms with Crippen LogP contribution in [0.25, 0.3) is 0 Å². The molecule has 0 spiro atoms. The van der Waals surface area contributed by atoms with E-state index >= 15 is 0 Å². The number of methoxy groups -OCH3 is 1. The molecule has 2 atom stereocenters. The molecule has 0 bridgehead atoms. The van der Waals surface area contributed by atoms with E-state index in [0.29, 0.717) is 6.04 Å². The smallest absolute Gasteiger partial charge is 0.122 e. The van der Waals surface area contributed by atoms with Gasteiger partial charge in [-0.3, -0.25) is 0 Å². The van der Waals surface area contributed by atoms with Crippen LogP contribution in [0.2, 0.25) is 0 Å². The van der Waals surface area contributed by atoms with Gasteiger partial charge in [-0.15, -0.1) is 0 Å². The minimum atomic E-state index is 0.645. The van der Waals surface area contributed by atoms with Crippen molar-refractivity contribution in [2.75, 3.05) is 14.2 Å². The molecule has 2 rings (SSSR count). The van der Waals surface area contributed by atoms with E-state index < -0.39 is 0 Å². The Bertz CT molecular complexity index is 408. The molecular formula is C16H24BrNO. The van der Waals surface area contributed by atoms with Gasteiger partial charge in [0.05, 0.1) is 7.11 Å². The van der Waals surface area contributed by atoms with Crippen molar-refractivity contribution >= 4 is 15.9 Å². The molecule has 3 heteroatoms. The van der Waals surface area contributed by atoms with Crippen molar-refractivity contribution in [1.82, 2.24) is 5.32 Å². The highest BCUT2D eigenvalue weighted by atomic mass is 79.9. The van der Waals surface area contributed by atoms with E-state index in [1.54, 1.807) is 7.11 Å². The molecule has 0 aromatic heterocycles. The maximum atomic E-state index is 5.50. The summed E-state index contributed by atoms with van der Waals surface area (Å²) >= 11 is 3.57. The zero-order valence-corrected chi connectivity index (χ0v) is 13.5. The second-order valence-electron chi connectivity index (χ2n) is 5.45. The number of ether oxygens (including phenoxy) is 1. The van der Waals surface area contributed by atoms with E-state index in [1.807, 2.05) is 6.07 Å². The lowest BCUT2D eigenvalue weighted by molar-refractivity contribution is 0.342. The molecule has 1 fully saturated rings. The van der Waals surface area contributed by atoms with E-state index in [-0.39, 0.29) is 0 Å². The molecule has 19 heavy (non-hydrogen) atoms. The highest BCUT2D eigenvalue weighted by Gasteiger charge is 2.23. The Morgan fingerprint density at radius 3 is 2.79 bits per heavy atom. The SMILES string of the molecule is CNC1CCCCCC1Cc1cc(Br)ccc1OC. The first-order valence-corrected chi connectivity index (χ1v) is 8.03. The standard InChI is InChI=1S/C16H24BrNO/c1-18-15-7-5-3-4-6-12(15)10-13-11-14(17)8-9-16(13)19-2/h8-9,11-12,15,18H,3-7,10H2,1-2H3. The largest absolute Gasteiger partial charge is 0.496 e. The summed E-state index contributed by atoms with van der Waals surface area (Å²) in [4.78, 5) is 0. The monoisotopic (exact) mass is 325 g/mol. The van der Waals surface area contributed by atoms with E-state index in [4.69, 9.17) is 4.74 Å². The topological polar surface area (TPSA) is 21.3 Å². The number of halogens is 1. The van der Waals surface area contributed by atoms with Crippen LogP contribution in [0.4, 0.5) is 0 Å². The predicted octanol–water partition coefficient (Wildman–Crippen LogP) is 4.17. The number of nitrogens with one attached hydrogen (secondary N) is 1. The molecule has 1 saturated carbocycles. The van der Waals surface area contributed by atoms with Gasteiger partial charge >= 0.3 is 0 Å². The van der Waals surface area contributed by atoms with E-state index in [1.165, 1.54) is 37.7 Å². The third-order valence-corrected chi connectivity index (χ3v) is 4.75. The lowest BCUT2D eigenvalue weighted by atomic mass is 9.88. The molecule has 1 aromatic rings. The van der Waals surface area contributed by atoms with Crippen molar-refractivity contribution in [3.63, 3.8) is 0 Å². The average Bonchev–Trinajstić information content (AvgIpc) is 2.64. The van der Waals surface area contributed by atoms with Crippen LogP contribution >= 0.6 is 15.9 Å². The van der Waals surface area contributed by atoms with Crippen LogP contribution in [0, 0.1) is 5.92 Å². The van der Waals surface area contributed by atoms with Gasteiger partial charge in [-0.1, -0.05) is 35.2 Å². The van der Waals surface area contributed by atoms with Crippen molar-refractivity contribution < 1.29 is 4.74 Å². The fourth-order valence-electron chi connectivity index (χ4n) is 3.20. The number of rotatable bonds is 4. The van der Waals surface area contributed by atoms with Crippen LogP contribution in [-0.2, 0) is 6.42 Å². The Morgan fingerprint density at radius 2 is 2.05 bits per heavy atom. The van der Waals surface area contributed by atoms with Crippen molar-refractivity contribution in [2.24, 2.45) is 5.92 Å². The van der Waals surface area contributed by atoms with Crippen molar-refractivity contribution in [2.45, 2.75) is 44.6 Å². The quantitative estimate of drug-likeness (QED) is 0.839. The Morgan fingerprint density at radius 1 is 1.26 bits per heavy atom. The molecule has 1 aliphatic carbocycles. The Balaban J connectivity index is 2.15. The van der Waals surface area contributed by atoms with Gasteiger partial charge in [0.15, 0.2) is 0 Å². The lowest BCUT2D eigenvalue weighted by Gasteiger charge is -2.25. The van der Waals surface area contributed by atoms with Gasteiger partial charge in [0.25, 0.3) is 0 Å². The van der Waals surface area contributed by atoms with Crippen molar-refractivity contribution in [3.8, 4) is 5.75 Å². The van der Waals surface area contributed by atoms with Gasteiger partial charge in [-0.2, -0.15) is 0 Å². The van der Waals surface area contributed by atoms with Gasteiger partial charge in [-0.25, -0.2) is 0 Å². The summed E-state index contributed by atoms with van der Waals surface area (Å²) in [5.41, 5.74) is 1.32. The summed E-state index contributed by atoms with van der Waals surface area (Å²) in [6, 6.07) is 6.96. The third kappa shape index (κ3) is 3.96. The molecule has 106 valence electrons. The minimum absolute atomic E-state index is 0.645. The molecule has 0 radical (unpaired) electrons. The van der Waals surface area contributed by atoms with Gasteiger partial charge < -0.3 is 10.1 Å². The third-order valence-electron chi connectivity index (χ3n) is 4.25. The summed E-state index contributed by atoms with van der Waals surface area (Å²) < 4.78 is 6.64. The molecule has 0 heterocycles. The number of hydrogen-bond acceptors (Lipinski definition) is 2. The summed E-state index contributed by atoms with van der Waals surface area (Å²) in [6.07, 6.45) is 7.83. The van der Waals surface area contributed by atoms with E-state index in [9.17, 15) is 0 Å². The minimum Gasteiger partial charge on any atom is -0.496 e. The molecule has 1 N–H and O–H groups in total. The predicted molar refractivity (Wildman–Crippen MR) is 83.8 cm³/mol. The molecule has 0 saturated heterocycles. The first-order chi connectivity index (χ1) is 9.24. The number of hydrogen-bond donors (Lipinski definition) is 1. The van der Waals surface area contributed by atoms with E-state index in [2.05, 4.69) is 40.4 Å². The molecule has 0 aliphatic heterocycles. The normalized spacial score (nSPS) is 23.9. The van der Waals surface area contributed by atoms with Crippen LogP contribution in [0.5, 0.6) is 5.75 Å².